The molecule has 24 heavy (non-hydrogen) atoms. The van der Waals surface area contributed by atoms with Gasteiger partial charge in [0, 0.05) is 38.4 Å². The van der Waals surface area contributed by atoms with Crippen LogP contribution in [0.3, 0.4) is 0 Å². The summed E-state index contributed by atoms with van der Waals surface area (Å²) >= 11 is 0. The molecule has 0 heterocycles. The Hall–Kier alpha value is -1.31. The molecule has 2 N–H and O–H groups in total. The van der Waals surface area contributed by atoms with Crippen molar-refractivity contribution in [3.63, 3.8) is 0 Å². The third-order valence-corrected chi connectivity index (χ3v) is 3.86. The van der Waals surface area contributed by atoms with Gasteiger partial charge in [-0.25, -0.2) is 4.39 Å². The Kier molecular flexibility index (Phi) is 9.75. The second-order valence-electron chi connectivity index (χ2n) is 5.80. The van der Waals surface area contributed by atoms with Crippen LogP contribution in [0.5, 0.6) is 0 Å². The van der Waals surface area contributed by atoms with Gasteiger partial charge in [-0.1, -0.05) is 18.2 Å². The van der Waals surface area contributed by atoms with E-state index in [9.17, 15) is 4.39 Å². The van der Waals surface area contributed by atoms with E-state index >= 15 is 0 Å². The lowest BCUT2D eigenvalue weighted by Gasteiger charge is -2.19. The Bertz CT molecular complexity index is 540. The Labute approximate surface area is 161 Å². The van der Waals surface area contributed by atoms with E-state index < -0.39 is 0 Å². The normalized spacial score (nSPS) is 14.4. The average Bonchev–Trinajstić information content (AvgIpc) is 3.04. The Morgan fingerprint density at radius 2 is 2.08 bits per heavy atom. The molecule has 1 aromatic rings. The molecule has 0 radical (unpaired) electrons. The van der Waals surface area contributed by atoms with Crippen LogP contribution in [0.4, 0.5) is 10.1 Å². The highest BCUT2D eigenvalue weighted by Crippen LogP contribution is 2.14. The molecule has 0 unspecified atom stereocenters. The molecule has 0 spiro atoms. The first-order valence-corrected chi connectivity index (χ1v) is 8.35. The zero-order valence-corrected chi connectivity index (χ0v) is 16.8. The van der Waals surface area contributed by atoms with Crippen LogP contribution < -0.4 is 15.5 Å². The molecule has 0 saturated heterocycles. The topological polar surface area (TPSA) is 39.7 Å². The van der Waals surface area contributed by atoms with Crippen molar-refractivity contribution in [2.75, 3.05) is 31.6 Å². The Morgan fingerprint density at radius 3 is 2.75 bits per heavy atom. The number of nitrogens with zero attached hydrogens (tertiary/aromatic N) is 2. The van der Waals surface area contributed by atoms with Crippen molar-refractivity contribution in [3.8, 4) is 0 Å². The molecule has 2 rings (SSSR count). The SMILES string of the molecule is CCNC(=NCCCN(C)c1cccc(F)c1)NC1CC=CC1.I. The second-order valence-corrected chi connectivity index (χ2v) is 5.80. The average molecular weight is 446 g/mol. The summed E-state index contributed by atoms with van der Waals surface area (Å²) in [7, 11) is 1.98. The van der Waals surface area contributed by atoms with Gasteiger partial charge in [0.25, 0.3) is 0 Å². The van der Waals surface area contributed by atoms with Crippen molar-refractivity contribution in [1.29, 1.82) is 0 Å². The molecule has 0 bridgehead atoms. The van der Waals surface area contributed by atoms with Gasteiger partial charge in [0.05, 0.1) is 0 Å². The number of anilines is 1. The molecule has 6 heteroatoms. The van der Waals surface area contributed by atoms with Crippen LogP contribution in [0.2, 0.25) is 0 Å². The van der Waals surface area contributed by atoms with Crippen LogP contribution in [-0.2, 0) is 0 Å². The number of rotatable bonds is 7. The predicted octanol–water partition coefficient (Wildman–Crippen LogP) is 3.54. The van der Waals surface area contributed by atoms with Crippen LogP contribution in [0.15, 0.2) is 41.4 Å². The fourth-order valence-electron chi connectivity index (χ4n) is 2.59. The summed E-state index contributed by atoms with van der Waals surface area (Å²) in [4.78, 5) is 6.68. The minimum absolute atomic E-state index is 0. The number of benzene rings is 1. The highest BCUT2D eigenvalue weighted by atomic mass is 127. The molecule has 1 aliphatic rings. The first-order valence-electron chi connectivity index (χ1n) is 8.35. The maximum absolute atomic E-state index is 13.2. The van der Waals surface area contributed by atoms with Crippen molar-refractivity contribution in [2.24, 2.45) is 4.99 Å². The number of halogens is 2. The molecule has 0 aliphatic heterocycles. The molecular formula is C18H28FIN4. The van der Waals surface area contributed by atoms with E-state index in [2.05, 4.69) is 39.6 Å². The number of aliphatic imine (C=N–C) groups is 1. The second kappa shape index (κ2) is 11.3. The summed E-state index contributed by atoms with van der Waals surface area (Å²) in [6, 6.07) is 7.14. The quantitative estimate of drug-likeness (QED) is 0.221. The summed E-state index contributed by atoms with van der Waals surface area (Å²) in [6.07, 6.45) is 7.45. The largest absolute Gasteiger partial charge is 0.374 e. The highest BCUT2D eigenvalue weighted by molar-refractivity contribution is 14.0. The van der Waals surface area contributed by atoms with Gasteiger partial charge in [0.15, 0.2) is 5.96 Å². The fourth-order valence-corrected chi connectivity index (χ4v) is 2.59. The third kappa shape index (κ3) is 7.07. The monoisotopic (exact) mass is 446 g/mol. The lowest BCUT2D eigenvalue weighted by atomic mass is 10.2. The van der Waals surface area contributed by atoms with Gasteiger partial charge >= 0.3 is 0 Å². The number of nitrogens with one attached hydrogen (secondary N) is 2. The molecule has 0 aromatic heterocycles. The first-order chi connectivity index (χ1) is 11.2. The van der Waals surface area contributed by atoms with E-state index in [-0.39, 0.29) is 29.8 Å². The summed E-state index contributed by atoms with van der Waals surface area (Å²) in [5, 5.41) is 6.74. The van der Waals surface area contributed by atoms with Crippen molar-refractivity contribution >= 4 is 35.6 Å². The fraction of sp³-hybridized carbons (Fsp3) is 0.500. The molecule has 1 aromatic carbocycles. The minimum atomic E-state index is -0.198. The van der Waals surface area contributed by atoms with Gasteiger partial charge in [-0.3, -0.25) is 4.99 Å². The van der Waals surface area contributed by atoms with Crippen LogP contribution in [0.25, 0.3) is 0 Å². The van der Waals surface area contributed by atoms with Crippen molar-refractivity contribution < 1.29 is 4.39 Å². The van der Waals surface area contributed by atoms with Gasteiger partial charge in [-0.2, -0.15) is 0 Å². The highest BCUT2D eigenvalue weighted by Gasteiger charge is 2.11. The number of guanidine groups is 1. The Balaban J connectivity index is 0.00000288. The zero-order chi connectivity index (χ0) is 16.5. The van der Waals surface area contributed by atoms with Crippen LogP contribution >= 0.6 is 24.0 Å². The van der Waals surface area contributed by atoms with Crippen molar-refractivity contribution in [1.82, 2.24) is 10.6 Å². The van der Waals surface area contributed by atoms with Crippen LogP contribution in [0.1, 0.15) is 26.2 Å². The molecule has 0 atom stereocenters. The third-order valence-electron chi connectivity index (χ3n) is 3.86. The molecule has 134 valence electrons. The standard InChI is InChI=1S/C18H27FN4.HI/c1-3-20-18(22-16-9-4-5-10-16)21-12-7-13-23(2)17-11-6-8-15(19)14-17;/h4-6,8,11,14,16H,3,7,9-10,12-13H2,1-2H3,(H2,20,21,22);1H. The molecule has 0 fully saturated rings. The lowest BCUT2D eigenvalue weighted by Crippen LogP contribution is -2.42. The summed E-state index contributed by atoms with van der Waals surface area (Å²) < 4.78 is 13.2. The zero-order valence-electron chi connectivity index (χ0n) is 14.5. The molecular weight excluding hydrogens is 418 g/mol. The van der Waals surface area contributed by atoms with Crippen molar-refractivity contribution in [2.45, 2.75) is 32.2 Å². The van der Waals surface area contributed by atoms with E-state index in [1.165, 1.54) is 6.07 Å². The summed E-state index contributed by atoms with van der Waals surface area (Å²) in [5.41, 5.74) is 0.899. The van der Waals surface area contributed by atoms with Gasteiger partial charge < -0.3 is 15.5 Å². The van der Waals surface area contributed by atoms with E-state index in [4.69, 9.17) is 0 Å². The van der Waals surface area contributed by atoms with E-state index in [0.29, 0.717) is 6.04 Å². The molecule has 0 amide bonds. The summed E-state index contributed by atoms with van der Waals surface area (Å²) in [6.45, 7) is 4.52. The van der Waals surface area contributed by atoms with Crippen molar-refractivity contribution in [3.05, 3.63) is 42.2 Å². The predicted molar refractivity (Wildman–Crippen MR) is 111 cm³/mol. The molecule has 4 nitrogen and oxygen atoms in total. The molecule has 0 saturated carbocycles. The maximum Gasteiger partial charge on any atom is 0.191 e. The molecule has 1 aliphatic carbocycles. The maximum atomic E-state index is 13.2. The summed E-state index contributed by atoms with van der Waals surface area (Å²) in [5.74, 6) is 0.686. The van der Waals surface area contributed by atoms with Gasteiger partial charge in [0.2, 0.25) is 0 Å². The van der Waals surface area contributed by atoms with Gasteiger partial charge in [-0.15, -0.1) is 24.0 Å². The van der Waals surface area contributed by atoms with Gasteiger partial charge in [-0.05, 0) is 44.4 Å². The van der Waals surface area contributed by atoms with Crippen LogP contribution in [-0.4, -0.2) is 38.7 Å². The lowest BCUT2D eigenvalue weighted by molar-refractivity contribution is 0.626. The minimum Gasteiger partial charge on any atom is -0.374 e. The van der Waals surface area contributed by atoms with E-state index in [1.54, 1.807) is 12.1 Å². The number of hydrogen-bond acceptors (Lipinski definition) is 2. The smallest absolute Gasteiger partial charge is 0.191 e. The van der Waals surface area contributed by atoms with E-state index in [0.717, 1.165) is 50.5 Å². The first kappa shape index (κ1) is 20.7. The van der Waals surface area contributed by atoms with Crippen LogP contribution in [0, 0.1) is 5.82 Å². The Morgan fingerprint density at radius 1 is 1.33 bits per heavy atom. The van der Waals surface area contributed by atoms with E-state index in [1.807, 2.05) is 13.1 Å². The number of hydrogen-bond donors (Lipinski definition) is 2. The van der Waals surface area contributed by atoms with Gasteiger partial charge in [0.1, 0.15) is 5.82 Å².